The fourth-order valence-electron chi connectivity index (χ4n) is 19.5. The van der Waals surface area contributed by atoms with Gasteiger partial charge >= 0.3 is 23.9 Å². The fraction of sp³-hybridized carbons (Fsp3) is 0.964. The maximum atomic E-state index is 13.0. The Balaban J connectivity index is 0.000000203. The summed E-state index contributed by atoms with van der Waals surface area (Å²) in [4.78, 5) is 52.2. The summed E-state index contributed by atoms with van der Waals surface area (Å²) in [6, 6.07) is 0. The maximum absolute atomic E-state index is 13.0. The number of thioether (sulfide) groups is 4. The fourth-order valence-corrected chi connectivity index (χ4v) is 24.2. The molecule has 0 aromatic heterocycles. The number of carbonyl (C=O) groups is 4. The Labute approximate surface area is 902 Å². The van der Waals surface area contributed by atoms with Crippen LogP contribution in [0.3, 0.4) is 0 Å². The Bertz CT molecular complexity index is 3270. The molecule has 0 aromatic carbocycles. The van der Waals surface area contributed by atoms with Gasteiger partial charge in [-0.15, -0.1) is 47.0 Å². The molecular formula is C111H192O33S4. The molecule has 37 heteroatoms. The minimum absolute atomic E-state index is 0.0462. The quantitative estimate of drug-likeness (QED) is 0.0403. The van der Waals surface area contributed by atoms with Gasteiger partial charge in [-0.05, 0) is 83.5 Å². The minimum atomic E-state index is -1.31. The maximum Gasteiger partial charge on any atom is 0.315 e. The summed E-state index contributed by atoms with van der Waals surface area (Å²) in [5.74, 6) is 1.74. The lowest BCUT2D eigenvalue weighted by atomic mass is 9.83. The summed E-state index contributed by atoms with van der Waals surface area (Å²) in [6.07, 6.45) is 13.0. The zero-order valence-electron chi connectivity index (χ0n) is 93.1. The number of hydrogen-bond acceptors (Lipinski definition) is 37. The zero-order chi connectivity index (χ0) is 106. The summed E-state index contributed by atoms with van der Waals surface area (Å²) in [5, 5.41) is 0. The first-order valence-corrected chi connectivity index (χ1v) is 60.4. The second-order valence-corrected chi connectivity index (χ2v) is 52.8. The van der Waals surface area contributed by atoms with Crippen LogP contribution >= 0.6 is 47.0 Å². The third kappa shape index (κ3) is 35.4. The van der Waals surface area contributed by atoms with Gasteiger partial charge < -0.3 is 137 Å². The van der Waals surface area contributed by atoms with Crippen molar-refractivity contribution in [1.82, 2.24) is 0 Å². The third-order valence-electron chi connectivity index (χ3n) is 35.0. The van der Waals surface area contributed by atoms with Gasteiger partial charge in [0.25, 0.3) is 0 Å². The highest BCUT2D eigenvalue weighted by molar-refractivity contribution is 8.00. The topological polar surface area (TPSA) is 336 Å². The van der Waals surface area contributed by atoms with Crippen LogP contribution in [-0.2, 0) is 157 Å². The van der Waals surface area contributed by atoms with Crippen molar-refractivity contribution in [2.24, 2.45) is 97.5 Å². The zero-order valence-corrected chi connectivity index (χ0v) is 96.4. The molecule has 0 bridgehead atoms. The summed E-state index contributed by atoms with van der Waals surface area (Å²) in [6.45, 7) is 61.9. The predicted octanol–water partition coefficient (Wildman–Crippen LogP) is 13.8. The molecule has 0 amide bonds. The average Bonchev–Trinajstić information content (AvgIpc) is 0.802. The number of carbonyl (C=O) groups excluding carboxylic acids is 4. The second-order valence-electron chi connectivity index (χ2n) is 48.8. The standard InChI is InChI=1S/C46H82O13.C37H60O12S4.C28H50O8/c1-7-39(13-47-14-39)25-53-31-45(32-54-26-40(8-2)15-48-16-40,33-55-27-41(9-3)17-49-18-41)37-59-38-46(34-56-28-42(10-4)19-50-20-42,35-57-29-43(11-5)21-51-22-43)36-58-30-44(12-6)23-52-24-44;1-5-33(13-42-14-33)25-50-9-29(38)46-21-37(22-47-30(39)10-51-26-34(6-2)15-43-16-34,23-48-31(40)11-52-27-35(7-3)17-44-18-35)24-49-32(41)12-53-28-36(8-4)19-45-20-36;1-5-25(11-31-12-25)17-34-21-28(20-30-10-24(4)8-29-9-24,22-35-18-26(6-2)13-32-14-26)23-36-19-27(7-3)15-33-16-27/h7-38H2,1-6H3;5-28H2,1-4H3;5-23H2,1-4H3. The van der Waals surface area contributed by atoms with Crippen molar-refractivity contribution in [2.45, 2.75) is 180 Å². The van der Waals surface area contributed by atoms with E-state index in [1.165, 1.54) is 47.0 Å². The van der Waals surface area contributed by atoms with E-state index in [1.54, 1.807) is 0 Å². The molecule has 858 valence electrons. The molecule has 0 aromatic rings. The Morgan fingerprint density at radius 3 is 0.432 bits per heavy atom. The second kappa shape index (κ2) is 59.1. The summed E-state index contributed by atoms with van der Waals surface area (Å²) in [7, 11) is 0. The lowest BCUT2D eigenvalue weighted by molar-refractivity contribution is -0.207. The molecule has 14 aliphatic heterocycles. The highest BCUT2D eigenvalue weighted by atomic mass is 32.2. The van der Waals surface area contributed by atoms with Gasteiger partial charge in [-0.2, -0.15) is 0 Å². The Hall–Kier alpha value is -1.72. The molecule has 14 saturated heterocycles. The molecule has 33 nitrogen and oxygen atoms in total. The van der Waals surface area contributed by atoms with E-state index < -0.39 is 40.1 Å². The highest BCUT2D eigenvalue weighted by Crippen LogP contribution is 2.46. The van der Waals surface area contributed by atoms with Crippen molar-refractivity contribution in [3.8, 4) is 0 Å². The third-order valence-corrected chi connectivity index (χ3v) is 40.0. The molecule has 14 heterocycles. The average molecular weight is 2180 g/mol. The minimum Gasteiger partial charge on any atom is -0.464 e. The Morgan fingerprint density at radius 1 is 0.182 bits per heavy atom. The van der Waals surface area contributed by atoms with Gasteiger partial charge in [0.05, 0.1) is 370 Å². The van der Waals surface area contributed by atoms with Crippen molar-refractivity contribution in [3.05, 3.63) is 0 Å². The van der Waals surface area contributed by atoms with E-state index in [2.05, 4.69) is 96.9 Å². The van der Waals surface area contributed by atoms with Crippen LogP contribution in [0.25, 0.3) is 0 Å². The number of esters is 4. The van der Waals surface area contributed by atoms with E-state index in [0.29, 0.717) is 198 Å². The van der Waals surface area contributed by atoms with E-state index in [1.807, 2.05) is 0 Å². The monoisotopic (exact) mass is 2180 g/mol. The van der Waals surface area contributed by atoms with Crippen LogP contribution in [-0.4, -0.2) is 427 Å². The van der Waals surface area contributed by atoms with E-state index in [9.17, 15) is 19.2 Å². The Morgan fingerprint density at radius 2 is 0.311 bits per heavy atom. The van der Waals surface area contributed by atoms with Crippen molar-refractivity contribution < 1.29 is 157 Å². The van der Waals surface area contributed by atoms with Gasteiger partial charge in [0.2, 0.25) is 0 Å². The molecule has 0 atom stereocenters. The molecule has 14 fully saturated rings. The Kier molecular flexibility index (Phi) is 49.8. The number of ether oxygens (including phenoxy) is 29. The number of rotatable bonds is 81. The van der Waals surface area contributed by atoms with Crippen LogP contribution in [0.15, 0.2) is 0 Å². The summed E-state index contributed by atoms with van der Waals surface area (Å²) < 4.78 is 174. The molecule has 0 unspecified atom stereocenters. The van der Waals surface area contributed by atoms with Crippen molar-refractivity contribution in [3.63, 3.8) is 0 Å². The van der Waals surface area contributed by atoms with Crippen LogP contribution in [0, 0.1) is 97.5 Å². The van der Waals surface area contributed by atoms with E-state index >= 15 is 0 Å². The molecule has 0 spiro atoms. The van der Waals surface area contributed by atoms with Gasteiger partial charge in [0.1, 0.15) is 31.8 Å². The molecule has 148 heavy (non-hydrogen) atoms. The van der Waals surface area contributed by atoms with Gasteiger partial charge in [-0.3, -0.25) is 19.2 Å². The van der Waals surface area contributed by atoms with E-state index in [0.717, 1.165) is 239 Å². The highest BCUT2D eigenvalue weighted by Gasteiger charge is 2.52. The van der Waals surface area contributed by atoms with Crippen LogP contribution in [0.2, 0.25) is 0 Å². The van der Waals surface area contributed by atoms with Crippen LogP contribution in [0.1, 0.15) is 180 Å². The molecule has 0 saturated carbocycles. The first-order chi connectivity index (χ1) is 71.4. The van der Waals surface area contributed by atoms with Crippen molar-refractivity contribution >= 4 is 70.9 Å². The molecule has 14 aliphatic rings. The van der Waals surface area contributed by atoms with Gasteiger partial charge in [0, 0.05) is 98.8 Å². The summed E-state index contributed by atoms with van der Waals surface area (Å²) >= 11 is 5.95. The summed E-state index contributed by atoms with van der Waals surface area (Å²) in [5.41, 5.74) is -1.77. The lowest BCUT2D eigenvalue weighted by Crippen LogP contribution is -2.52. The molecule has 0 radical (unpaired) electrons. The van der Waals surface area contributed by atoms with Gasteiger partial charge in [0.15, 0.2) is 0 Å². The molecule has 0 aliphatic carbocycles. The van der Waals surface area contributed by atoms with E-state index in [4.69, 9.17) is 137 Å². The SMILES string of the molecule is CCC1(COCC(COCC2(C)COC2)(COCC2(CC)COC2)COCC2(CC)COC2)COC1.CCC1(COCC(COCC2(CC)COC2)(COCC2(CC)COC2)COCC(COCC2(CC)COC2)(COCC2(CC)COC2)COCC2(CC)COC2)COC1.CCC1(CSCC(=O)OCC(COC(=O)CSCC2(CC)COC2)(COC(=O)CSCC2(CC)COC2)COC(=O)CSCC2(CC)COC2)COC1. The predicted molar refractivity (Wildman–Crippen MR) is 567 cm³/mol. The van der Waals surface area contributed by atoms with Crippen molar-refractivity contribution in [1.29, 1.82) is 0 Å². The molecule has 14 rings (SSSR count). The van der Waals surface area contributed by atoms with Gasteiger partial charge in [-0.1, -0.05) is 96.9 Å². The van der Waals surface area contributed by atoms with Crippen LogP contribution in [0.5, 0.6) is 0 Å². The van der Waals surface area contributed by atoms with Gasteiger partial charge in [-0.25, -0.2) is 0 Å². The van der Waals surface area contributed by atoms with E-state index in [-0.39, 0.29) is 131 Å². The van der Waals surface area contributed by atoms with Crippen LogP contribution in [0.4, 0.5) is 0 Å². The van der Waals surface area contributed by atoms with Crippen LogP contribution < -0.4 is 0 Å². The largest absolute Gasteiger partial charge is 0.464 e. The molecule has 0 N–H and O–H groups in total. The first-order valence-electron chi connectivity index (χ1n) is 55.7. The van der Waals surface area contributed by atoms with Crippen molar-refractivity contribution in [2.75, 3.05) is 403 Å². The number of hydrogen-bond donors (Lipinski definition) is 0. The molecular weight excluding hydrogens is 1990 g/mol. The lowest BCUT2D eigenvalue weighted by Gasteiger charge is -2.45. The smallest absolute Gasteiger partial charge is 0.315 e. The first kappa shape index (κ1) is 125. The normalized spacial score (nSPS) is 23.3.